The molecule has 3 aliphatic rings. The number of benzene rings is 1. The summed E-state index contributed by atoms with van der Waals surface area (Å²) in [6.07, 6.45) is 7.45. The summed E-state index contributed by atoms with van der Waals surface area (Å²) >= 11 is 0. The van der Waals surface area contributed by atoms with E-state index in [1.807, 2.05) is 19.9 Å². The highest BCUT2D eigenvalue weighted by Gasteiger charge is 2.52. The molecular formula is C21H26NO2+. The molecule has 0 amide bonds. The van der Waals surface area contributed by atoms with Crippen LogP contribution in [0.1, 0.15) is 59.1 Å². The van der Waals surface area contributed by atoms with Gasteiger partial charge in [-0.3, -0.25) is 5.21 Å². The second kappa shape index (κ2) is 4.33. The predicted molar refractivity (Wildman–Crippen MR) is 97.1 cm³/mol. The maximum absolute atomic E-state index is 11.0. The monoisotopic (exact) mass is 324 g/mol. The van der Waals surface area contributed by atoms with Gasteiger partial charge in [-0.05, 0) is 63.8 Å². The van der Waals surface area contributed by atoms with Crippen LogP contribution in [0.4, 0.5) is 5.69 Å². The first-order valence-corrected chi connectivity index (χ1v) is 8.66. The Labute approximate surface area is 143 Å². The van der Waals surface area contributed by atoms with E-state index in [1.54, 1.807) is 0 Å². The summed E-state index contributed by atoms with van der Waals surface area (Å²) in [7, 11) is 0. The van der Waals surface area contributed by atoms with Crippen LogP contribution in [0, 0.1) is 10.8 Å². The lowest BCUT2D eigenvalue weighted by molar-refractivity contribution is -0.712. The van der Waals surface area contributed by atoms with E-state index in [2.05, 4.69) is 52.0 Å². The first-order valence-electron chi connectivity index (χ1n) is 8.66. The van der Waals surface area contributed by atoms with Crippen LogP contribution in [-0.4, -0.2) is 21.3 Å². The zero-order chi connectivity index (χ0) is 17.5. The molecule has 0 atom stereocenters. The van der Waals surface area contributed by atoms with E-state index in [-0.39, 0.29) is 16.4 Å². The molecule has 3 nitrogen and oxygen atoms in total. The summed E-state index contributed by atoms with van der Waals surface area (Å²) in [6, 6.07) is 4.12. The molecule has 24 heavy (non-hydrogen) atoms. The van der Waals surface area contributed by atoms with Gasteiger partial charge in [-0.25, -0.2) is 0 Å². The average molecular weight is 324 g/mol. The molecule has 0 bridgehead atoms. The smallest absolute Gasteiger partial charge is 0.276 e. The fraction of sp³-hybridized carbons (Fsp3) is 0.476. The Hall–Kier alpha value is -2.03. The molecule has 0 radical (unpaired) electrons. The minimum absolute atomic E-state index is 0.0905. The minimum atomic E-state index is -0.319. The fourth-order valence-corrected chi connectivity index (χ4v) is 4.70. The first-order chi connectivity index (χ1) is 11.0. The van der Waals surface area contributed by atoms with E-state index >= 15 is 0 Å². The highest BCUT2D eigenvalue weighted by Crippen LogP contribution is 2.52. The Morgan fingerprint density at radius 1 is 1.08 bits per heavy atom. The third kappa shape index (κ3) is 2.07. The van der Waals surface area contributed by atoms with Crippen molar-refractivity contribution in [1.82, 2.24) is 0 Å². The lowest BCUT2D eigenvalue weighted by Gasteiger charge is -2.35. The molecule has 1 aliphatic carbocycles. The van der Waals surface area contributed by atoms with Crippen molar-refractivity contribution in [3.63, 3.8) is 0 Å². The van der Waals surface area contributed by atoms with Gasteiger partial charge >= 0.3 is 0 Å². The maximum atomic E-state index is 11.0. The summed E-state index contributed by atoms with van der Waals surface area (Å²) in [5.74, 6) is 0.831. The Morgan fingerprint density at radius 2 is 1.79 bits per heavy atom. The number of rotatable bonds is 0. The number of hydrogen-bond acceptors (Lipinski definition) is 2. The number of nitrogens with zero attached hydrogens (tertiary/aromatic N) is 1. The molecule has 1 aromatic carbocycles. The molecule has 0 unspecified atom stereocenters. The summed E-state index contributed by atoms with van der Waals surface area (Å²) in [5, 5.41) is 11.0. The van der Waals surface area contributed by atoms with Crippen molar-refractivity contribution in [3.8, 4) is 5.75 Å². The van der Waals surface area contributed by atoms with Gasteiger partial charge in [0.15, 0.2) is 0 Å². The average Bonchev–Trinajstić information content (AvgIpc) is 2.68. The van der Waals surface area contributed by atoms with Gasteiger partial charge in [0.1, 0.15) is 11.4 Å². The molecule has 2 aliphatic heterocycles. The summed E-state index contributed by atoms with van der Waals surface area (Å²) in [5.41, 5.74) is 4.78. The van der Waals surface area contributed by atoms with E-state index in [1.165, 1.54) is 4.74 Å². The molecule has 0 saturated carbocycles. The van der Waals surface area contributed by atoms with Crippen molar-refractivity contribution in [2.75, 3.05) is 0 Å². The highest BCUT2D eigenvalue weighted by molar-refractivity contribution is 6.28. The number of allylic oxidation sites excluding steroid dienone is 2. The maximum Gasteiger partial charge on any atom is 0.276 e. The van der Waals surface area contributed by atoms with E-state index < -0.39 is 0 Å². The lowest BCUT2D eigenvalue weighted by Crippen LogP contribution is -2.37. The quantitative estimate of drug-likeness (QED) is 0.525. The number of ether oxygens (including phenoxy) is 1. The largest absolute Gasteiger partial charge is 0.483 e. The van der Waals surface area contributed by atoms with Crippen LogP contribution in [0.25, 0.3) is 11.6 Å². The summed E-state index contributed by atoms with van der Waals surface area (Å²) in [6.45, 7) is 13.0. The van der Waals surface area contributed by atoms with Crippen LogP contribution >= 0.6 is 0 Å². The van der Waals surface area contributed by atoms with Gasteiger partial charge in [-0.15, -0.1) is 0 Å². The Balaban J connectivity index is 2.00. The normalized spacial score (nSPS) is 24.7. The molecule has 0 aromatic heterocycles. The standard InChI is InChI=1S/C21H26NO2/c1-19(2)11-15-13-7-8-16-14(9-10-21(5,6)24-16)17(13)22(23)18(15)20(3,4)12-19/h7-11,23H,12H2,1-6H3/q+1. The second-order valence-corrected chi connectivity index (χ2v) is 9.18. The van der Waals surface area contributed by atoms with E-state index in [0.29, 0.717) is 0 Å². The van der Waals surface area contributed by atoms with E-state index in [0.717, 1.165) is 40.3 Å². The summed E-state index contributed by atoms with van der Waals surface area (Å²) in [4.78, 5) is 0. The zero-order valence-corrected chi connectivity index (χ0v) is 15.4. The number of fused-ring (bicyclic) bond motifs is 5. The van der Waals surface area contributed by atoms with Crippen molar-refractivity contribution < 1.29 is 14.7 Å². The zero-order valence-electron chi connectivity index (χ0n) is 15.4. The Morgan fingerprint density at radius 3 is 2.50 bits per heavy atom. The number of hydrogen-bond donors (Lipinski definition) is 1. The van der Waals surface area contributed by atoms with Crippen molar-refractivity contribution in [2.45, 2.75) is 53.6 Å². The molecule has 0 fully saturated rings. The molecule has 0 spiro atoms. The van der Waals surface area contributed by atoms with Crippen molar-refractivity contribution in [3.05, 3.63) is 35.4 Å². The van der Waals surface area contributed by atoms with Crippen LogP contribution in [0.2, 0.25) is 0 Å². The topological polar surface area (TPSA) is 32.5 Å². The molecule has 3 heteroatoms. The third-order valence-electron chi connectivity index (χ3n) is 5.24. The van der Waals surface area contributed by atoms with Gasteiger partial charge in [0.25, 0.3) is 5.69 Å². The predicted octanol–water partition coefficient (Wildman–Crippen LogP) is 5.20. The molecule has 1 aromatic rings. The van der Waals surface area contributed by atoms with Crippen LogP contribution in [0.15, 0.2) is 24.3 Å². The fourth-order valence-electron chi connectivity index (χ4n) is 4.70. The van der Waals surface area contributed by atoms with Gasteiger partial charge < -0.3 is 4.74 Å². The molecule has 1 N–H and O–H groups in total. The molecule has 0 saturated heterocycles. The minimum Gasteiger partial charge on any atom is -0.483 e. The van der Waals surface area contributed by atoms with Gasteiger partial charge in [0.05, 0.1) is 22.1 Å². The third-order valence-corrected chi connectivity index (χ3v) is 5.24. The lowest BCUT2D eigenvalue weighted by atomic mass is 9.65. The highest BCUT2D eigenvalue weighted by atomic mass is 16.5. The molecule has 2 heterocycles. The first kappa shape index (κ1) is 15.5. The van der Waals surface area contributed by atoms with Crippen LogP contribution in [0.3, 0.4) is 0 Å². The molecule has 126 valence electrons. The Kier molecular flexibility index (Phi) is 2.79. The van der Waals surface area contributed by atoms with E-state index in [4.69, 9.17) is 4.74 Å². The van der Waals surface area contributed by atoms with Crippen LogP contribution in [0.5, 0.6) is 5.75 Å². The van der Waals surface area contributed by atoms with Gasteiger partial charge in [0.2, 0.25) is 5.71 Å². The van der Waals surface area contributed by atoms with Crippen LogP contribution in [-0.2, 0) is 0 Å². The van der Waals surface area contributed by atoms with Crippen molar-refractivity contribution in [1.29, 1.82) is 0 Å². The molecular weight excluding hydrogens is 298 g/mol. The van der Waals surface area contributed by atoms with Crippen molar-refractivity contribution in [2.24, 2.45) is 10.8 Å². The second-order valence-electron chi connectivity index (χ2n) is 9.18. The van der Waals surface area contributed by atoms with Crippen molar-refractivity contribution >= 4 is 23.0 Å². The van der Waals surface area contributed by atoms with Crippen LogP contribution < -0.4 is 4.74 Å². The van der Waals surface area contributed by atoms with Gasteiger partial charge in [-0.1, -0.05) is 19.9 Å². The SMILES string of the molecule is CC1(C)C=C2C(=[N+](O)c3c2ccc2c3C=CC(C)(C)O2)C(C)(C)C1. The van der Waals surface area contributed by atoms with E-state index in [9.17, 15) is 5.21 Å². The Bertz CT molecular complexity index is 851. The summed E-state index contributed by atoms with van der Waals surface area (Å²) < 4.78 is 7.49. The molecule has 4 rings (SSSR count). The van der Waals surface area contributed by atoms with Gasteiger partial charge in [-0.2, -0.15) is 0 Å². The van der Waals surface area contributed by atoms with Gasteiger partial charge in [0, 0.05) is 4.74 Å².